The van der Waals surface area contributed by atoms with Gasteiger partial charge in [0.05, 0.1) is 0 Å². The topological polar surface area (TPSA) is 23.2 Å². The molecule has 1 fully saturated rings. The molecule has 0 saturated carbocycles. The van der Waals surface area contributed by atoms with E-state index in [2.05, 4.69) is 24.0 Å². The summed E-state index contributed by atoms with van der Waals surface area (Å²) in [5.41, 5.74) is 1.21. The van der Waals surface area contributed by atoms with Crippen LogP contribution in [0.25, 0.3) is 0 Å². The van der Waals surface area contributed by atoms with E-state index in [4.69, 9.17) is 0 Å². The first-order chi connectivity index (χ1) is 6.29. The van der Waals surface area contributed by atoms with Crippen LogP contribution in [0.5, 0.6) is 0 Å². The maximum atomic E-state index is 9.84. The van der Waals surface area contributed by atoms with Gasteiger partial charge in [-0.05, 0) is 5.56 Å². The molecule has 0 amide bonds. The van der Waals surface area contributed by atoms with E-state index in [1.54, 1.807) is 0 Å². The van der Waals surface area contributed by atoms with Gasteiger partial charge in [0.1, 0.15) is 6.23 Å². The maximum Gasteiger partial charge on any atom is 0.114 e. The number of aliphatic hydroxyl groups excluding tert-OH is 1. The number of nitrogens with zero attached hydrogens (tertiary/aromatic N) is 1. The molecule has 2 nitrogen and oxygen atoms in total. The van der Waals surface area contributed by atoms with Crippen LogP contribution < -0.4 is 0 Å². The van der Waals surface area contributed by atoms with Gasteiger partial charge in [-0.2, -0.15) is 0 Å². The zero-order valence-electron chi connectivity index (χ0n) is 7.85. The normalized spacial score (nSPS) is 21.1. The van der Waals surface area contributed by atoms with Crippen LogP contribution in [0.4, 0.5) is 0 Å². The zero-order chi connectivity index (χ0) is 9.26. The molecule has 1 saturated heterocycles. The third-order valence-electron chi connectivity index (χ3n) is 2.63. The largest absolute Gasteiger partial charge is 0.378 e. The van der Waals surface area contributed by atoms with Gasteiger partial charge in [0.25, 0.3) is 0 Å². The maximum absolute atomic E-state index is 9.84. The van der Waals surface area contributed by atoms with Crippen molar-refractivity contribution in [3.63, 3.8) is 0 Å². The fourth-order valence-corrected chi connectivity index (χ4v) is 1.57. The van der Waals surface area contributed by atoms with Gasteiger partial charge in [0.15, 0.2) is 0 Å². The predicted octanol–water partition coefficient (Wildman–Crippen LogP) is 1.42. The summed E-state index contributed by atoms with van der Waals surface area (Å²) in [4.78, 5) is 2.07. The minimum atomic E-state index is -0.303. The molecular weight excluding hydrogens is 162 g/mol. The Labute approximate surface area is 78.8 Å². The number of aliphatic hydroxyl groups is 1. The summed E-state index contributed by atoms with van der Waals surface area (Å²) in [7, 11) is 0. The third-order valence-corrected chi connectivity index (χ3v) is 2.63. The molecule has 1 aliphatic heterocycles. The van der Waals surface area contributed by atoms with E-state index >= 15 is 0 Å². The lowest BCUT2D eigenvalue weighted by atomic mass is 10.00. The molecule has 0 aromatic heterocycles. The molecule has 1 N–H and O–H groups in total. The third kappa shape index (κ3) is 1.90. The SMILES string of the molecule is C[C@@H](c1ccccc1)[C@@H](O)N1CC1. The van der Waals surface area contributed by atoms with Crippen molar-refractivity contribution in [2.75, 3.05) is 13.1 Å². The molecule has 1 aromatic carbocycles. The Balaban J connectivity index is 2.07. The molecule has 2 heteroatoms. The van der Waals surface area contributed by atoms with Crippen molar-refractivity contribution < 1.29 is 5.11 Å². The summed E-state index contributed by atoms with van der Waals surface area (Å²) in [5.74, 6) is 0.212. The van der Waals surface area contributed by atoms with Gasteiger partial charge < -0.3 is 5.11 Å². The van der Waals surface area contributed by atoms with E-state index in [1.807, 2.05) is 18.2 Å². The molecule has 0 spiro atoms. The molecule has 0 unspecified atom stereocenters. The van der Waals surface area contributed by atoms with Crippen molar-refractivity contribution in [1.29, 1.82) is 0 Å². The van der Waals surface area contributed by atoms with Gasteiger partial charge in [-0.1, -0.05) is 37.3 Å². The number of hydrogen-bond acceptors (Lipinski definition) is 2. The van der Waals surface area contributed by atoms with Crippen LogP contribution in [-0.2, 0) is 0 Å². The summed E-state index contributed by atoms with van der Waals surface area (Å²) in [6.07, 6.45) is -0.303. The van der Waals surface area contributed by atoms with Gasteiger partial charge in [0, 0.05) is 19.0 Å². The highest BCUT2D eigenvalue weighted by molar-refractivity contribution is 5.20. The highest BCUT2D eigenvalue weighted by Gasteiger charge is 2.30. The average Bonchev–Trinajstić information content (AvgIpc) is 3.00. The second kappa shape index (κ2) is 3.48. The van der Waals surface area contributed by atoms with Crippen LogP contribution in [-0.4, -0.2) is 29.3 Å². The first-order valence-electron chi connectivity index (χ1n) is 4.76. The monoisotopic (exact) mass is 177 g/mol. The first kappa shape index (κ1) is 8.73. The van der Waals surface area contributed by atoms with Crippen LogP contribution in [0.3, 0.4) is 0 Å². The van der Waals surface area contributed by atoms with Crippen molar-refractivity contribution in [2.45, 2.75) is 19.1 Å². The Hall–Kier alpha value is -0.860. The highest BCUT2D eigenvalue weighted by atomic mass is 16.3. The molecular formula is C11H15NO. The van der Waals surface area contributed by atoms with Crippen molar-refractivity contribution >= 4 is 0 Å². The van der Waals surface area contributed by atoms with Crippen LogP contribution in [0, 0.1) is 0 Å². The Morgan fingerprint density at radius 1 is 1.23 bits per heavy atom. The van der Waals surface area contributed by atoms with Gasteiger partial charge in [0.2, 0.25) is 0 Å². The fourth-order valence-electron chi connectivity index (χ4n) is 1.57. The van der Waals surface area contributed by atoms with Crippen LogP contribution in [0.1, 0.15) is 18.4 Å². The first-order valence-corrected chi connectivity index (χ1v) is 4.76. The summed E-state index contributed by atoms with van der Waals surface area (Å²) >= 11 is 0. The van der Waals surface area contributed by atoms with Crippen LogP contribution in [0.15, 0.2) is 30.3 Å². The van der Waals surface area contributed by atoms with E-state index < -0.39 is 0 Å². The van der Waals surface area contributed by atoms with Gasteiger partial charge in [-0.25, -0.2) is 0 Å². The smallest absolute Gasteiger partial charge is 0.114 e. The summed E-state index contributed by atoms with van der Waals surface area (Å²) in [5, 5.41) is 9.84. The lowest BCUT2D eigenvalue weighted by molar-refractivity contribution is 0.0588. The number of rotatable bonds is 3. The molecule has 0 radical (unpaired) electrons. The van der Waals surface area contributed by atoms with E-state index in [1.165, 1.54) is 5.56 Å². The standard InChI is InChI=1S/C11H15NO/c1-9(11(13)12-7-8-12)10-5-3-2-4-6-10/h2-6,9,11,13H,7-8H2,1H3/t9-,11+/m0/s1. The molecule has 13 heavy (non-hydrogen) atoms. The quantitative estimate of drug-likeness (QED) is 0.706. The molecule has 1 aliphatic rings. The zero-order valence-corrected chi connectivity index (χ0v) is 7.85. The molecule has 2 rings (SSSR count). The van der Waals surface area contributed by atoms with Gasteiger partial charge in [-0.15, -0.1) is 0 Å². The second-order valence-electron chi connectivity index (χ2n) is 3.65. The van der Waals surface area contributed by atoms with E-state index in [0.717, 1.165) is 13.1 Å². The van der Waals surface area contributed by atoms with Crippen molar-refractivity contribution in [1.82, 2.24) is 4.90 Å². The fraction of sp³-hybridized carbons (Fsp3) is 0.455. The van der Waals surface area contributed by atoms with Crippen molar-refractivity contribution in [3.05, 3.63) is 35.9 Å². The second-order valence-corrected chi connectivity index (χ2v) is 3.65. The molecule has 1 heterocycles. The Morgan fingerprint density at radius 2 is 1.85 bits per heavy atom. The van der Waals surface area contributed by atoms with Gasteiger partial charge in [-0.3, -0.25) is 4.90 Å². The molecule has 0 bridgehead atoms. The summed E-state index contributed by atoms with van der Waals surface area (Å²) in [6.45, 7) is 4.15. The molecule has 1 aromatic rings. The molecule has 0 aliphatic carbocycles. The number of hydrogen-bond donors (Lipinski definition) is 1. The van der Waals surface area contributed by atoms with Crippen molar-refractivity contribution in [3.8, 4) is 0 Å². The predicted molar refractivity (Wildman–Crippen MR) is 52.4 cm³/mol. The Kier molecular flexibility index (Phi) is 2.34. The van der Waals surface area contributed by atoms with Crippen LogP contribution in [0.2, 0.25) is 0 Å². The lowest BCUT2D eigenvalue weighted by Crippen LogP contribution is -2.24. The highest BCUT2D eigenvalue weighted by Crippen LogP contribution is 2.24. The van der Waals surface area contributed by atoms with Crippen molar-refractivity contribution in [2.24, 2.45) is 0 Å². The Morgan fingerprint density at radius 3 is 2.38 bits per heavy atom. The van der Waals surface area contributed by atoms with E-state index in [-0.39, 0.29) is 12.1 Å². The van der Waals surface area contributed by atoms with E-state index in [9.17, 15) is 5.11 Å². The molecule has 70 valence electrons. The minimum absolute atomic E-state index is 0.212. The molecule has 2 atom stereocenters. The average molecular weight is 177 g/mol. The summed E-state index contributed by atoms with van der Waals surface area (Å²) < 4.78 is 0. The number of benzene rings is 1. The lowest BCUT2D eigenvalue weighted by Gasteiger charge is -2.19. The Bertz CT molecular complexity index is 269. The van der Waals surface area contributed by atoms with Gasteiger partial charge >= 0.3 is 0 Å². The summed E-state index contributed by atoms with van der Waals surface area (Å²) in [6, 6.07) is 10.2. The van der Waals surface area contributed by atoms with Crippen LogP contribution >= 0.6 is 0 Å². The van der Waals surface area contributed by atoms with E-state index in [0.29, 0.717) is 0 Å². The minimum Gasteiger partial charge on any atom is -0.378 e.